The highest BCUT2D eigenvalue weighted by Crippen LogP contribution is 2.14. The van der Waals surface area contributed by atoms with E-state index in [2.05, 4.69) is 29.3 Å². The maximum Gasteiger partial charge on any atom is 0.119 e. The quantitative estimate of drug-likeness (QED) is 0.814. The van der Waals surface area contributed by atoms with Gasteiger partial charge in [-0.25, -0.2) is 0 Å². The lowest BCUT2D eigenvalue weighted by atomic mass is 10.1. The van der Waals surface area contributed by atoms with Crippen LogP contribution >= 0.6 is 12.4 Å². The van der Waals surface area contributed by atoms with Gasteiger partial charge in [0.1, 0.15) is 12.4 Å². The summed E-state index contributed by atoms with van der Waals surface area (Å²) in [7, 11) is 1.68. The molecule has 5 heteroatoms. The Morgan fingerprint density at radius 3 is 2.65 bits per heavy atom. The SMILES string of the molecule is COCCOc1ccc(CN2CCNC(C)C2)cc1.Cl. The Bertz CT molecular complexity index is 373. The molecule has 1 aliphatic heterocycles. The standard InChI is InChI=1S/C15H24N2O2.ClH/c1-13-11-17(8-7-16-13)12-14-3-5-15(6-4-14)19-10-9-18-2;/h3-6,13,16H,7-12H2,1-2H3;1H. The van der Waals surface area contributed by atoms with E-state index in [9.17, 15) is 0 Å². The van der Waals surface area contributed by atoms with Gasteiger partial charge in [0.2, 0.25) is 0 Å². The third kappa shape index (κ3) is 5.67. The Kier molecular flexibility index (Phi) is 7.92. The Labute approximate surface area is 127 Å². The molecule has 114 valence electrons. The molecule has 1 fully saturated rings. The van der Waals surface area contributed by atoms with Crippen LogP contribution in [0.3, 0.4) is 0 Å². The maximum absolute atomic E-state index is 5.56. The highest BCUT2D eigenvalue weighted by molar-refractivity contribution is 5.85. The molecule has 1 saturated heterocycles. The number of benzene rings is 1. The lowest BCUT2D eigenvalue weighted by molar-refractivity contribution is 0.146. The van der Waals surface area contributed by atoms with Crippen LogP contribution in [0.2, 0.25) is 0 Å². The van der Waals surface area contributed by atoms with Crippen molar-refractivity contribution >= 4 is 12.4 Å². The summed E-state index contributed by atoms with van der Waals surface area (Å²) in [5.74, 6) is 0.912. The van der Waals surface area contributed by atoms with Crippen LogP contribution in [0.25, 0.3) is 0 Å². The second-order valence-electron chi connectivity index (χ2n) is 5.08. The van der Waals surface area contributed by atoms with Crippen LogP contribution < -0.4 is 10.1 Å². The minimum Gasteiger partial charge on any atom is -0.491 e. The molecule has 1 unspecified atom stereocenters. The van der Waals surface area contributed by atoms with Crippen molar-refractivity contribution in [3.8, 4) is 5.75 Å². The zero-order chi connectivity index (χ0) is 13.5. The third-order valence-corrected chi connectivity index (χ3v) is 3.34. The average Bonchev–Trinajstić information content (AvgIpc) is 2.41. The predicted octanol–water partition coefficient (Wildman–Crippen LogP) is 1.93. The highest BCUT2D eigenvalue weighted by Gasteiger charge is 2.15. The molecule has 0 saturated carbocycles. The van der Waals surface area contributed by atoms with E-state index in [1.54, 1.807) is 7.11 Å². The summed E-state index contributed by atoms with van der Waals surface area (Å²) in [6.07, 6.45) is 0. The normalized spacial score (nSPS) is 19.4. The van der Waals surface area contributed by atoms with Crippen molar-refractivity contribution in [2.75, 3.05) is 40.0 Å². The van der Waals surface area contributed by atoms with Crippen molar-refractivity contribution in [2.45, 2.75) is 19.5 Å². The topological polar surface area (TPSA) is 33.7 Å². The first-order chi connectivity index (χ1) is 9.28. The fourth-order valence-corrected chi connectivity index (χ4v) is 2.35. The van der Waals surface area contributed by atoms with Gasteiger partial charge in [0.25, 0.3) is 0 Å². The first-order valence-corrected chi connectivity index (χ1v) is 6.94. The molecule has 1 heterocycles. The monoisotopic (exact) mass is 300 g/mol. The molecular weight excluding hydrogens is 276 g/mol. The molecular formula is C15H25ClN2O2. The van der Waals surface area contributed by atoms with Crippen LogP contribution in [0.15, 0.2) is 24.3 Å². The van der Waals surface area contributed by atoms with Gasteiger partial charge in [-0.05, 0) is 24.6 Å². The van der Waals surface area contributed by atoms with Crippen molar-refractivity contribution in [1.82, 2.24) is 10.2 Å². The van der Waals surface area contributed by atoms with Crippen LogP contribution in [0, 0.1) is 0 Å². The molecule has 2 rings (SSSR count). The maximum atomic E-state index is 5.56. The summed E-state index contributed by atoms with van der Waals surface area (Å²) < 4.78 is 10.5. The highest BCUT2D eigenvalue weighted by atomic mass is 35.5. The number of halogens is 1. The summed E-state index contributed by atoms with van der Waals surface area (Å²) >= 11 is 0. The minimum atomic E-state index is 0. The smallest absolute Gasteiger partial charge is 0.119 e. The van der Waals surface area contributed by atoms with Crippen LogP contribution in [0.1, 0.15) is 12.5 Å². The van der Waals surface area contributed by atoms with E-state index in [1.165, 1.54) is 5.56 Å². The van der Waals surface area contributed by atoms with Crippen LogP contribution in [-0.4, -0.2) is 50.9 Å². The van der Waals surface area contributed by atoms with Crippen LogP contribution in [0.5, 0.6) is 5.75 Å². The molecule has 0 aromatic heterocycles. The second kappa shape index (κ2) is 9.19. The van der Waals surface area contributed by atoms with E-state index in [-0.39, 0.29) is 12.4 Å². The molecule has 4 nitrogen and oxygen atoms in total. The minimum absolute atomic E-state index is 0. The van der Waals surface area contributed by atoms with Gasteiger partial charge in [-0.1, -0.05) is 12.1 Å². The van der Waals surface area contributed by atoms with Gasteiger partial charge in [0.05, 0.1) is 6.61 Å². The van der Waals surface area contributed by atoms with E-state index in [0.717, 1.165) is 31.9 Å². The number of hydrogen-bond donors (Lipinski definition) is 1. The molecule has 1 aromatic carbocycles. The van der Waals surface area contributed by atoms with Crippen LogP contribution in [0.4, 0.5) is 0 Å². The molecule has 0 aliphatic carbocycles. The molecule has 1 atom stereocenters. The Morgan fingerprint density at radius 1 is 1.25 bits per heavy atom. The molecule has 0 spiro atoms. The van der Waals surface area contributed by atoms with Gasteiger partial charge in [-0.2, -0.15) is 0 Å². The Morgan fingerprint density at radius 2 is 2.00 bits per heavy atom. The first kappa shape index (κ1) is 17.2. The molecule has 0 radical (unpaired) electrons. The zero-order valence-electron chi connectivity index (χ0n) is 12.3. The van der Waals surface area contributed by atoms with Gasteiger partial charge < -0.3 is 14.8 Å². The number of hydrogen-bond acceptors (Lipinski definition) is 4. The Hall–Kier alpha value is -0.810. The molecule has 0 bridgehead atoms. The van der Waals surface area contributed by atoms with E-state index in [4.69, 9.17) is 9.47 Å². The molecule has 1 aliphatic rings. The van der Waals surface area contributed by atoms with Gasteiger partial charge in [-0.15, -0.1) is 12.4 Å². The van der Waals surface area contributed by atoms with Gasteiger partial charge in [0, 0.05) is 39.3 Å². The number of nitrogens with one attached hydrogen (secondary N) is 1. The van der Waals surface area contributed by atoms with Gasteiger partial charge in [0.15, 0.2) is 0 Å². The summed E-state index contributed by atoms with van der Waals surface area (Å²) in [6, 6.07) is 8.96. The second-order valence-corrected chi connectivity index (χ2v) is 5.08. The zero-order valence-corrected chi connectivity index (χ0v) is 13.1. The molecule has 20 heavy (non-hydrogen) atoms. The molecule has 0 amide bonds. The Balaban J connectivity index is 0.00000200. The van der Waals surface area contributed by atoms with Crippen LogP contribution in [-0.2, 0) is 11.3 Å². The largest absolute Gasteiger partial charge is 0.491 e. The van der Waals surface area contributed by atoms with E-state index in [1.807, 2.05) is 12.1 Å². The lowest BCUT2D eigenvalue weighted by Gasteiger charge is -2.31. The van der Waals surface area contributed by atoms with Crippen molar-refractivity contribution in [2.24, 2.45) is 0 Å². The molecule has 1 aromatic rings. The van der Waals surface area contributed by atoms with Crippen molar-refractivity contribution in [1.29, 1.82) is 0 Å². The van der Waals surface area contributed by atoms with E-state index in [0.29, 0.717) is 19.3 Å². The summed E-state index contributed by atoms with van der Waals surface area (Å²) in [6.45, 7) is 7.80. The molecule has 1 N–H and O–H groups in total. The summed E-state index contributed by atoms with van der Waals surface area (Å²) in [4.78, 5) is 2.49. The van der Waals surface area contributed by atoms with Crippen molar-refractivity contribution in [3.63, 3.8) is 0 Å². The van der Waals surface area contributed by atoms with Gasteiger partial charge >= 0.3 is 0 Å². The van der Waals surface area contributed by atoms with Crippen molar-refractivity contribution in [3.05, 3.63) is 29.8 Å². The number of ether oxygens (including phenoxy) is 2. The van der Waals surface area contributed by atoms with E-state index < -0.39 is 0 Å². The predicted molar refractivity (Wildman–Crippen MR) is 83.8 cm³/mol. The van der Waals surface area contributed by atoms with Crippen molar-refractivity contribution < 1.29 is 9.47 Å². The average molecular weight is 301 g/mol. The number of piperazine rings is 1. The fourth-order valence-electron chi connectivity index (χ4n) is 2.35. The van der Waals surface area contributed by atoms with E-state index >= 15 is 0 Å². The number of rotatable bonds is 6. The lowest BCUT2D eigenvalue weighted by Crippen LogP contribution is -2.48. The van der Waals surface area contributed by atoms with Gasteiger partial charge in [-0.3, -0.25) is 4.90 Å². The first-order valence-electron chi connectivity index (χ1n) is 6.94. The third-order valence-electron chi connectivity index (χ3n) is 3.34. The number of methoxy groups -OCH3 is 1. The number of nitrogens with zero attached hydrogens (tertiary/aromatic N) is 1. The summed E-state index contributed by atoms with van der Waals surface area (Å²) in [5.41, 5.74) is 1.34. The fraction of sp³-hybridized carbons (Fsp3) is 0.600. The summed E-state index contributed by atoms with van der Waals surface area (Å²) in [5, 5.41) is 3.46.